The molecule has 3 aromatic rings. The van der Waals surface area contributed by atoms with Crippen LogP contribution in [0.25, 0.3) is 0 Å². The molecule has 0 unspecified atom stereocenters. The maximum absolute atomic E-state index is 12.1. The van der Waals surface area contributed by atoms with Crippen LogP contribution >= 0.6 is 11.3 Å². The molecule has 0 atom stereocenters. The zero-order chi connectivity index (χ0) is 20.1. The highest BCUT2D eigenvalue weighted by Crippen LogP contribution is 2.26. The van der Waals surface area contributed by atoms with Gasteiger partial charge in [-0.3, -0.25) is 20.2 Å². The van der Waals surface area contributed by atoms with E-state index in [2.05, 4.69) is 10.3 Å². The molecule has 144 valence electrons. The molecule has 0 spiro atoms. The largest absolute Gasteiger partial charge is 0.484 e. The van der Waals surface area contributed by atoms with E-state index < -0.39 is 4.92 Å². The van der Waals surface area contributed by atoms with Gasteiger partial charge in [-0.05, 0) is 31.5 Å². The quantitative estimate of drug-likeness (QED) is 0.474. The van der Waals surface area contributed by atoms with Gasteiger partial charge in [-0.2, -0.15) is 0 Å². The summed E-state index contributed by atoms with van der Waals surface area (Å²) in [6, 6.07) is 13.9. The number of carbonyl (C=O) groups excluding carboxylic acids is 1. The summed E-state index contributed by atoms with van der Waals surface area (Å²) in [5, 5.41) is 14.0. The van der Waals surface area contributed by atoms with Crippen LogP contribution in [0.1, 0.15) is 21.7 Å². The number of aromatic nitrogens is 1. The molecule has 0 aliphatic rings. The fraction of sp³-hybridized carbons (Fsp3) is 0.200. The average Bonchev–Trinajstić information content (AvgIpc) is 3.00. The molecule has 1 heterocycles. The molecule has 28 heavy (non-hydrogen) atoms. The first-order valence-corrected chi connectivity index (χ1v) is 9.41. The van der Waals surface area contributed by atoms with Crippen LogP contribution in [0.15, 0.2) is 48.5 Å². The van der Waals surface area contributed by atoms with E-state index in [0.717, 1.165) is 21.7 Å². The molecule has 0 aliphatic carbocycles. The third-order valence-electron chi connectivity index (χ3n) is 4.04. The van der Waals surface area contributed by atoms with Crippen molar-refractivity contribution in [3.63, 3.8) is 0 Å². The second-order valence-corrected chi connectivity index (χ2v) is 7.36. The van der Waals surface area contributed by atoms with Gasteiger partial charge in [0, 0.05) is 23.4 Å². The first-order valence-electron chi connectivity index (χ1n) is 8.59. The number of nitrogens with zero attached hydrogens (tertiary/aromatic N) is 2. The Hall–Kier alpha value is -3.26. The molecule has 0 fully saturated rings. The molecule has 0 saturated heterocycles. The van der Waals surface area contributed by atoms with Crippen molar-refractivity contribution in [1.29, 1.82) is 0 Å². The lowest BCUT2D eigenvalue weighted by molar-refractivity contribution is -0.384. The van der Waals surface area contributed by atoms with Crippen molar-refractivity contribution in [3.05, 3.63) is 80.3 Å². The number of carbonyl (C=O) groups is 1. The summed E-state index contributed by atoms with van der Waals surface area (Å²) >= 11 is 1.38. The number of benzene rings is 2. The van der Waals surface area contributed by atoms with Crippen molar-refractivity contribution in [2.24, 2.45) is 0 Å². The summed E-state index contributed by atoms with van der Waals surface area (Å²) in [5.41, 5.74) is 2.94. The van der Waals surface area contributed by atoms with Gasteiger partial charge in [0.15, 0.2) is 11.7 Å². The third kappa shape index (κ3) is 5.14. The lowest BCUT2D eigenvalue weighted by Gasteiger charge is -2.05. The number of amides is 1. The molecule has 1 amide bonds. The van der Waals surface area contributed by atoms with Crippen molar-refractivity contribution in [2.45, 2.75) is 20.3 Å². The Balaban J connectivity index is 1.57. The lowest BCUT2D eigenvalue weighted by atomic mass is 10.1. The van der Waals surface area contributed by atoms with E-state index in [9.17, 15) is 14.9 Å². The van der Waals surface area contributed by atoms with Gasteiger partial charge >= 0.3 is 0 Å². The van der Waals surface area contributed by atoms with Crippen LogP contribution in [0.2, 0.25) is 0 Å². The first-order chi connectivity index (χ1) is 13.4. The van der Waals surface area contributed by atoms with Gasteiger partial charge < -0.3 is 4.74 Å². The van der Waals surface area contributed by atoms with Crippen LogP contribution in [0.5, 0.6) is 5.75 Å². The van der Waals surface area contributed by atoms with Gasteiger partial charge in [0.1, 0.15) is 5.75 Å². The zero-order valence-corrected chi connectivity index (χ0v) is 16.3. The van der Waals surface area contributed by atoms with Crippen molar-refractivity contribution in [1.82, 2.24) is 4.98 Å². The SMILES string of the molecule is Cc1ccc(OCC(=O)Nc2nc(C)c(Cc3ccc([N+](=O)[O-])cc3)s2)cc1. The van der Waals surface area contributed by atoms with E-state index in [1.54, 1.807) is 12.1 Å². The second-order valence-electron chi connectivity index (χ2n) is 6.28. The summed E-state index contributed by atoms with van der Waals surface area (Å²) in [6.07, 6.45) is 0.594. The maximum Gasteiger partial charge on any atom is 0.269 e. The molecule has 3 rings (SSSR count). The zero-order valence-electron chi connectivity index (χ0n) is 15.5. The van der Waals surface area contributed by atoms with Gasteiger partial charge in [-0.1, -0.05) is 29.8 Å². The predicted octanol–water partition coefficient (Wildman–Crippen LogP) is 4.28. The van der Waals surface area contributed by atoms with E-state index in [1.807, 2.05) is 38.1 Å². The first kappa shape index (κ1) is 19.5. The standard InChI is InChI=1S/C20H19N3O4S/c1-13-3-9-17(10-4-13)27-12-19(24)22-20-21-14(2)18(28-20)11-15-5-7-16(8-6-15)23(25)26/h3-10H,11-12H2,1-2H3,(H,21,22,24). The number of aryl methyl sites for hydroxylation is 2. The predicted molar refractivity (Wildman–Crippen MR) is 108 cm³/mol. The summed E-state index contributed by atoms with van der Waals surface area (Å²) < 4.78 is 5.47. The van der Waals surface area contributed by atoms with E-state index in [-0.39, 0.29) is 18.2 Å². The van der Waals surface area contributed by atoms with Crippen molar-refractivity contribution in [2.75, 3.05) is 11.9 Å². The monoisotopic (exact) mass is 397 g/mol. The van der Waals surface area contributed by atoms with Crippen molar-refractivity contribution in [3.8, 4) is 5.75 Å². The minimum Gasteiger partial charge on any atom is -0.484 e. The number of anilines is 1. The highest BCUT2D eigenvalue weighted by molar-refractivity contribution is 7.15. The summed E-state index contributed by atoms with van der Waals surface area (Å²) in [7, 11) is 0. The van der Waals surface area contributed by atoms with Crippen LogP contribution in [-0.4, -0.2) is 22.4 Å². The Morgan fingerprint density at radius 3 is 2.46 bits per heavy atom. The number of non-ortho nitro benzene ring substituents is 1. The van der Waals surface area contributed by atoms with Gasteiger partial charge in [-0.25, -0.2) is 4.98 Å². The molecule has 0 radical (unpaired) electrons. The molecule has 0 bridgehead atoms. The highest BCUT2D eigenvalue weighted by Gasteiger charge is 2.12. The van der Waals surface area contributed by atoms with E-state index in [1.165, 1.54) is 23.5 Å². The summed E-state index contributed by atoms with van der Waals surface area (Å²) in [6.45, 7) is 3.75. The summed E-state index contributed by atoms with van der Waals surface area (Å²) in [4.78, 5) is 27.8. The Morgan fingerprint density at radius 1 is 1.14 bits per heavy atom. The maximum atomic E-state index is 12.1. The minimum atomic E-state index is -0.423. The molecule has 2 aromatic carbocycles. The van der Waals surface area contributed by atoms with Crippen LogP contribution in [-0.2, 0) is 11.2 Å². The van der Waals surface area contributed by atoms with Crippen molar-refractivity contribution < 1.29 is 14.5 Å². The van der Waals surface area contributed by atoms with E-state index >= 15 is 0 Å². The Morgan fingerprint density at radius 2 is 1.82 bits per heavy atom. The molecular formula is C20H19N3O4S. The Kier molecular flexibility index (Phi) is 6.00. The average molecular weight is 397 g/mol. The third-order valence-corrected chi connectivity index (χ3v) is 5.11. The summed E-state index contributed by atoms with van der Waals surface area (Å²) in [5.74, 6) is 0.353. The van der Waals surface area contributed by atoms with Crippen LogP contribution < -0.4 is 10.1 Å². The molecule has 0 aliphatic heterocycles. The topological polar surface area (TPSA) is 94.4 Å². The fourth-order valence-electron chi connectivity index (χ4n) is 2.51. The molecule has 1 aromatic heterocycles. The number of rotatable bonds is 7. The van der Waals surface area contributed by atoms with Gasteiger partial charge in [0.05, 0.1) is 10.6 Å². The number of nitro groups is 1. The van der Waals surface area contributed by atoms with E-state index in [4.69, 9.17) is 4.74 Å². The minimum absolute atomic E-state index is 0.0614. The molecule has 8 heteroatoms. The van der Waals surface area contributed by atoms with Crippen LogP contribution in [0.3, 0.4) is 0 Å². The highest BCUT2D eigenvalue weighted by atomic mass is 32.1. The molecule has 0 saturated carbocycles. The van der Waals surface area contributed by atoms with Crippen LogP contribution in [0.4, 0.5) is 10.8 Å². The Labute approximate surface area is 166 Å². The number of ether oxygens (including phenoxy) is 1. The number of hydrogen-bond acceptors (Lipinski definition) is 6. The number of nitro benzene ring substituents is 1. The van der Waals surface area contributed by atoms with Gasteiger partial charge in [0.25, 0.3) is 11.6 Å². The fourth-order valence-corrected chi connectivity index (χ4v) is 3.52. The number of nitrogens with one attached hydrogen (secondary N) is 1. The number of hydrogen-bond donors (Lipinski definition) is 1. The molecular weight excluding hydrogens is 378 g/mol. The molecule has 7 nitrogen and oxygen atoms in total. The molecule has 1 N–H and O–H groups in total. The van der Waals surface area contributed by atoms with Gasteiger partial charge in [0.2, 0.25) is 0 Å². The van der Waals surface area contributed by atoms with Gasteiger partial charge in [-0.15, -0.1) is 11.3 Å². The van der Waals surface area contributed by atoms with Crippen LogP contribution in [0, 0.1) is 24.0 Å². The Bertz CT molecular complexity index is 982. The normalized spacial score (nSPS) is 10.5. The smallest absolute Gasteiger partial charge is 0.269 e. The van der Waals surface area contributed by atoms with Crippen molar-refractivity contribution >= 4 is 28.1 Å². The number of thiazole rings is 1. The second kappa shape index (κ2) is 8.62. The van der Waals surface area contributed by atoms with E-state index in [0.29, 0.717) is 17.3 Å². The lowest BCUT2D eigenvalue weighted by Crippen LogP contribution is -2.20.